The number of aromatic nitrogens is 2. The second-order valence-electron chi connectivity index (χ2n) is 4.92. The molecule has 2 aromatic rings. The van der Waals surface area contributed by atoms with Gasteiger partial charge in [0, 0.05) is 19.3 Å². The number of pyridine rings is 1. The summed E-state index contributed by atoms with van der Waals surface area (Å²) >= 11 is 0. The van der Waals surface area contributed by atoms with Gasteiger partial charge in [-0.1, -0.05) is 6.07 Å². The van der Waals surface area contributed by atoms with Crippen LogP contribution in [0.2, 0.25) is 0 Å². The van der Waals surface area contributed by atoms with Crippen molar-refractivity contribution in [3.05, 3.63) is 36.2 Å². The first-order chi connectivity index (χ1) is 9.18. The zero-order chi connectivity index (χ0) is 13.3. The molecule has 0 bridgehead atoms. The maximum Gasteiger partial charge on any atom is 0.255 e. The van der Waals surface area contributed by atoms with Crippen molar-refractivity contribution in [1.29, 1.82) is 0 Å². The fourth-order valence-corrected chi connectivity index (χ4v) is 2.33. The second kappa shape index (κ2) is 4.64. The maximum absolute atomic E-state index is 12.1. The minimum absolute atomic E-state index is 0.207. The molecule has 1 aliphatic rings. The van der Waals surface area contributed by atoms with Gasteiger partial charge >= 0.3 is 0 Å². The average molecular weight is 260 g/mol. The summed E-state index contributed by atoms with van der Waals surface area (Å²) in [5.74, 6) is -0.207. The third-order valence-electron chi connectivity index (χ3n) is 3.47. The molecule has 1 unspecified atom stereocenters. The summed E-state index contributed by atoms with van der Waals surface area (Å²) < 4.78 is 1.65. The molecule has 0 aromatic carbocycles. The topological polar surface area (TPSA) is 78.7 Å². The number of amides is 1. The van der Waals surface area contributed by atoms with E-state index in [1.165, 1.54) is 0 Å². The van der Waals surface area contributed by atoms with Crippen LogP contribution in [-0.2, 0) is 0 Å². The number of hydrogen-bond donors (Lipinski definition) is 3. The Hall–Kier alpha value is -1.92. The molecule has 0 radical (unpaired) electrons. The summed E-state index contributed by atoms with van der Waals surface area (Å²) in [5, 5.41) is 20.1. The lowest BCUT2D eigenvalue weighted by Crippen LogP contribution is -2.44. The van der Waals surface area contributed by atoms with Crippen LogP contribution in [0.25, 0.3) is 5.52 Å². The van der Waals surface area contributed by atoms with E-state index in [9.17, 15) is 9.90 Å². The van der Waals surface area contributed by atoms with Gasteiger partial charge in [0.15, 0.2) is 0 Å². The molecule has 1 amide bonds. The van der Waals surface area contributed by atoms with Gasteiger partial charge in [-0.25, -0.2) is 4.52 Å². The van der Waals surface area contributed by atoms with E-state index < -0.39 is 5.60 Å². The van der Waals surface area contributed by atoms with Crippen LogP contribution in [0.4, 0.5) is 0 Å². The Balaban J connectivity index is 1.73. The molecule has 2 aromatic heterocycles. The van der Waals surface area contributed by atoms with Gasteiger partial charge in [0.25, 0.3) is 5.91 Å². The van der Waals surface area contributed by atoms with Crippen LogP contribution in [0.1, 0.15) is 16.8 Å². The monoisotopic (exact) mass is 260 g/mol. The highest BCUT2D eigenvalue weighted by Gasteiger charge is 2.31. The number of hydrogen-bond acceptors (Lipinski definition) is 4. The van der Waals surface area contributed by atoms with Crippen molar-refractivity contribution in [3.63, 3.8) is 0 Å². The molecule has 1 aliphatic heterocycles. The maximum atomic E-state index is 12.1. The van der Waals surface area contributed by atoms with E-state index in [4.69, 9.17) is 0 Å². The standard InChI is InChI=1S/C13H16N4O2/c18-12(15-9-13(19)4-5-14-8-13)10-7-16-17-6-2-1-3-11(10)17/h1-3,6-7,14,19H,4-5,8-9H2,(H,15,18). The van der Waals surface area contributed by atoms with E-state index in [0.717, 1.165) is 12.1 Å². The van der Waals surface area contributed by atoms with Crippen molar-refractivity contribution in [2.45, 2.75) is 12.0 Å². The smallest absolute Gasteiger partial charge is 0.255 e. The molecule has 100 valence electrons. The van der Waals surface area contributed by atoms with Crippen molar-refractivity contribution in [3.8, 4) is 0 Å². The zero-order valence-electron chi connectivity index (χ0n) is 10.5. The fourth-order valence-electron chi connectivity index (χ4n) is 2.33. The van der Waals surface area contributed by atoms with Gasteiger partial charge in [-0.3, -0.25) is 4.79 Å². The number of fused-ring (bicyclic) bond motifs is 1. The molecule has 1 atom stereocenters. The van der Waals surface area contributed by atoms with Gasteiger partial charge in [-0.15, -0.1) is 0 Å². The minimum Gasteiger partial charge on any atom is -0.387 e. The second-order valence-corrected chi connectivity index (χ2v) is 4.92. The number of rotatable bonds is 3. The van der Waals surface area contributed by atoms with Crippen LogP contribution in [-0.4, -0.2) is 45.9 Å². The molecule has 0 aliphatic carbocycles. The van der Waals surface area contributed by atoms with E-state index in [1.807, 2.05) is 18.2 Å². The summed E-state index contributed by atoms with van der Waals surface area (Å²) in [4.78, 5) is 12.1. The number of carbonyl (C=O) groups excluding carboxylic acids is 1. The Morgan fingerprint density at radius 1 is 1.58 bits per heavy atom. The number of aliphatic hydroxyl groups is 1. The normalized spacial score (nSPS) is 22.8. The van der Waals surface area contributed by atoms with Crippen molar-refractivity contribution >= 4 is 11.4 Å². The first-order valence-electron chi connectivity index (χ1n) is 6.32. The highest BCUT2D eigenvalue weighted by atomic mass is 16.3. The molecule has 1 fully saturated rings. The lowest BCUT2D eigenvalue weighted by molar-refractivity contribution is 0.0562. The predicted molar refractivity (Wildman–Crippen MR) is 70.0 cm³/mol. The molecule has 6 nitrogen and oxygen atoms in total. The highest BCUT2D eigenvalue weighted by Crippen LogP contribution is 2.14. The molecule has 0 spiro atoms. The molecular weight excluding hydrogens is 244 g/mol. The van der Waals surface area contributed by atoms with Crippen LogP contribution >= 0.6 is 0 Å². The Morgan fingerprint density at radius 3 is 3.26 bits per heavy atom. The quantitative estimate of drug-likeness (QED) is 0.713. The molecule has 6 heteroatoms. The molecule has 3 N–H and O–H groups in total. The Kier molecular flexibility index (Phi) is 2.96. The van der Waals surface area contributed by atoms with Gasteiger partial charge < -0.3 is 15.7 Å². The lowest BCUT2D eigenvalue weighted by atomic mass is 10.0. The van der Waals surface area contributed by atoms with Crippen LogP contribution in [0.3, 0.4) is 0 Å². The molecule has 1 saturated heterocycles. The van der Waals surface area contributed by atoms with Crippen LogP contribution in [0.15, 0.2) is 30.6 Å². The summed E-state index contributed by atoms with van der Waals surface area (Å²) in [6, 6.07) is 5.56. The molecule has 3 rings (SSSR count). The zero-order valence-corrected chi connectivity index (χ0v) is 10.5. The van der Waals surface area contributed by atoms with E-state index in [2.05, 4.69) is 15.7 Å². The number of carbonyl (C=O) groups is 1. The van der Waals surface area contributed by atoms with Crippen molar-refractivity contribution in [2.75, 3.05) is 19.6 Å². The fraction of sp³-hybridized carbons (Fsp3) is 0.385. The molecule has 19 heavy (non-hydrogen) atoms. The Bertz CT molecular complexity index is 601. The lowest BCUT2D eigenvalue weighted by Gasteiger charge is -2.21. The van der Waals surface area contributed by atoms with Crippen LogP contribution in [0, 0.1) is 0 Å². The van der Waals surface area contributed by atoms with Crippen molar-refractivity contribution in [1.82, 2.24) is 20.2 Å². The predicted octanol–water partition coefficient (Wildman–Crippen LogP) is -0.211. The van der Waals surface area contributed by atoms with Crippen LogP contribution in [0.5, 0.6) is 0 Å². The first-order valence-corrected chi connectivity index (χ1v) is 6.32. The SMILES string of the molecule is O=C(NCC1(O)CCNC1)c1cnn2ccccc12. The minimum atomic E-state index is -0.835. The molecule has 0 saturated carbocycles. The summed E-state index contributed by atoms with van der Waals surface area (Å²) in [7, 11) is 0. The summed E-state index contributed by atoms with van der Waals surface area (Å²) in [5.41, 5.74) is 0.449. The third-order valence-corrected chi connectivity index (χ3v) is 3.47. The number of nitrogens with one attached hydrogen (secondary N) is 2. The van der Waals surface area contributed by atoms with Gasteiger partial charge in [-0.05, 0) is 25.1 Å². The van der Waals surface area contributed by atoms with Gasteiger partial charge in [-0.2, -0.15) is 5.10 Å². The number of nitrogens with zero attached hydrogens (tertiary/aromatic N) is 2. The van der Waals surface area contributed by atoms with Crippen molar-refractivity contribution in [2.24, 2.45) is 0 Å². The average Bonchev–Trinajstić information content (AvgIpc) is 3.03. The molecule has 3 heterocycles. The van der Waals surface area contributed by atoms with Crippen LogP contribution < -0.4 is 10.6 Å². The summed E-state index contributed by atoms with van der Waals surface area (Å²) in [6.07, 6.45) is 3.99. The van der Waals surface area contributed by atoms with Gasteiger partial charge in [0.1, 0.15) is 0 Å². The van der Waals surface area contributed by atoms with Gasteiger partial charge in [0.2, 0.25) is 0 Å². The summed E-state index contributed by atoms with van der Waals surface area (Å²) in [6.45, 7) is 1.55. The van der Waals surface area contributed by atoms with E-state index in [0.29, 0.717) is 18.5 Å². The van der Waals surface area contributed by atoms with Crippen molar-refractivity contribution < 1.29 is 9.90 Å². The first kappa shape index (κ1) is 12.1. The van der Waals surface area contributed by atoms with E-state index in [1.54, 1.807) is 16.9 Å². The van der Waals surface area contributed by atoms with E-state index >= 15 is 0 Å². The largest absolute Gasteiger partial charge is 0.387 e. The van der Waals surface area contributed by atoms with Gasteiger partial charge in [0.05, 0.1) is 22.9 Å². The molecular formula is C13H16N4O2. The van der Waals surface area contributed by atoms with E-state index in [-0.39, 0.29) is 12.5 Å². The third kappa shape index (κ3) is 2.32. The Morgan fingerprint density at radius 2 is 2.47 bits per heavy atom. The Labute approximate surface area is 110 Å². The highest BCUT2D eigenvalue weighted by molar-refractivity contribution is 6.00. The number of β-amino-alcohol motifs (C(OH)–C–C–N with tert-alkyl or cyclic N) is 1.